The van der Waals surface area contributed by atoms with Crippen molar-refractivity contribution < 1.29 is 19.4 Å². The van der Waals surface area contributed by atoms with Crippen molar-refractivity contribution in [2.75, 3.05) is 0 Å². The summed E-state index contributed by atoms with van der Waals surface area (Å²) in [6.07, 6.45) is 4.03. The number of hydrogen-bond acceptors (Lipinski definition) is 5. The molecule has 0 aliphatic rings. The van der Waals surface area contributed by atoms with Crippen LogP contribution in [0.3, 0.4) is 0 Å². The third-order valence-electron chi connectivity index (χ3n) is 2.34. The SMILES string of the molecule is CC(=O)c1ccc(Oc2cnccc2C(=O)O)cn1. The molecule has 0 aliphatic heterocycles. The summed E-state index contributed by atoms with van der Waals surface area (Å²) in [5, 5.41) is 8.99. The standard InChI is InChI=1S/C13H10N2O4/c1-8(16)11-3-2-9(6-15-11)19-12-7-14-5-4-10(12)13(17)18/h2-7H,1H3,(H,17,18). The molecule has 2 aromatic rings. The molecule has 0 saturated carbocycles. The zero-order chi connectivity index (χ0) is 13.8. The maximum Gasteiger partial charge on any atom is 0.339 e. The normalized spacial score (nSPS) is 9.95. The molecule has 96 valence electrons. The largest absolute Gasteiger partial charge is 0.478 e. The lowest BCUT2D eigenvalue weighted by Crippen LogP contribution is -2.01. The van der Waals surface area contributed by atoms with Gasteiger partial charge in [-0.2, -0.15) is 0 Å². The molecule has 0 fully saturated rings. The van der Waals surface area contributed by atoms with E-state index in [1.54, 1.807) is 6.07 Å². The molecule has 2 rings (SSSR count). The Labute approximate surface area is 108 Å². The van der Waals surface area contributed by atoms with E-state index in [1.165, 1.54) is 37.6 Å². The van der Waals surface area contributed by atoms with Gasteiger partial charge in [-0.1, -0.05) is 0 Å². The maximum atomic E-state index is 11.1. The number of ether oxygens (including phenoxy) is 1. The molecular weight excluding hydrogens is 248 g/mol. The highest BCUT2D eigenvalue weighted by molar-refractivity contribution is 5.92. The summed E-state index contributed by atoms with van der Waals surface area (Å²) in [6.45, 7) is 1.41. The van der Waals surface area contributed by atoms with E-state index < -0.39 is 5.97 Å². The molecule has 2 aromatic heterocycles. The maximum absolute atomic E-state index is 11.1. The van der Waals surface area contributed by atoms with Crippen molar-refractivity contribution in [2.24, 2.45) is 0 Å². The number of pyridine rings is 2. The summed E-state index contributed by atoms with van der Waals surface area (Å²) < 4.78 is 5.39. The van der Waals surface area contributed by atoms with Crippen LogP contribution in [0, 0.1) is 0 Å². The number of rotatable bonds is 4. The summed E-state index contributed by atoms with van der Waals surface area (Å²) in [7, 11) is 0. The first-order valence-corrected chi connectivity index (χ1v) is 5.40. The van der Waals surface area contributed by atoms with Crippen molar-refractivity contribution in [3.8, 4) is 11.5 Å². The van der Waals surface area contributed by atoms with Gasteiger partial charge in [0.25, 0.3) is 0 Å². The minimum absolute atomic E-state index is 0.00523. The Kier molecular flexibility index (Phi) is 3.51. The fourth-order valence-electron chi connectivity index (χ4n) is 1.41. The number of nitrogens with zero attached hydrogens (tertiary/aromatic N) is 2. The number of Topliss-reactive ketones (excluding diaryl/α,β-unsaturated/α-hetero) is 1. The molecule has 0 atom stereocenters. The van der Waals surface area contributed by atoms with Crippen LogP contribution >= 0.6 is 0 Å². The predicted octanol–water partition coefficient (Wildman–Crippen LogP) is 2.17. The summed E-state index contributed by atoms with van der Waals surface area (Å²) in [5.41, 5.74) is 0.322. The van der Waals surface area contributed by atoms with Crippen LogP contribution in [0.2, 0.25) is 0 Å². The van der Waals surface area contributed by atoms with Gasteiger partial charge in [-0.05, 0) is 18.2 Å². The molecule has 19 heavy (non-hydrogen) atoms. The van der Waals surface area contributed by atoms with Crippen molar-refractivity contribution in [3.63, 3.8) is 0 Å². The number of aromatic nitrogens is 2. The van der Waals surface area contributed by atoms with E-state index in [9.17, 15) is 9.59 Å². The number of ketones is 1. The van der Waals surface area contributed by atoms with Gasteiger partial charge in [-0.25, -0.2) is 9.78 Å². The summed E-state index contributed by atoms with van der Waals surface area (Å²) >= 11 is 0. The van der Waals surface area contributed by atoms with E-state index in [0.717, 1.165) is 0 Å². The van der Waals surface area contributed by atoms with Crippen LogP contribution in [0.4, 0.5) is 0 Å². The van der Waals surface area contributed by atoms with Crippen LogP contribution in [0.5, 0.6) is 11.5 Å². The van der Waals surface area contributed by atoms with Crippen molar-refractivity contribution in [1.82, 2.24) is 9.97 Å². The summed E-state index contributed by atoms with van der Waals surface area (Å²) in [5.74, 6) is -0.808. The van der Waals surface area contributed by atoms with Crippen molar-refractivity contribution in [2.45, 2.75) is 6.92 Å². The van der Waals surface area contributed by atoms with Crippen molar-refractivity contribution in [1.29, 1.82) is 0 Å². The van der Waals surface area contributed by atoms with Gasteiger partial charge >= 0.3 is 5.97 Å². The van der Waals surface area contributed by atoms with Gasteiger partial charge in [-0.15, -0.1) is 0 Å². The Balaban J connectivity index is 2.26. The molecule has 0 bridgehead atoms. The van der Waals surface area contributed by atoms with Gasteiger partial charge in [0.1, 0.15) is 17.0 Å². The van der Waals surface area contributed by atoms with Crippen LogP contribution in [0.1, 0.15) is 27.8 Å². The lowest BCUT2D eigenvalue weighted by molar-refractivity contribution is 0.0693. The molecule has 1 N–H and O–H groups in total. The van der Waals surface area contributed by atoms with Crippen LogP contribution < -0.4 is 4.74 Å². The van der Waals surface area contributed by atoms with Gasteiger partial charge in [0.05, 0.1) is 12.4 Å². The summed E-state index contributed by atoms with van der Waals surface area (Å²) in [6, 6.07) is 4.39. The third kappa shape index (κ3) is 2.92. The molecule has 0 aliphatic carbocycles. The highest BCUT2D eigenvalue weighted by Crippen LogP contribution is 2.23. The Morgan fingerprint density at radius 2 is 2.00 bits per heavy atom. The highest BCUT2D eigenvalue weighted by atomic mass is 16.5. The average Bonchev–Trinajstić information content (AvgIpc) is 2.39. The predicted molar refractivity (Wildman–Crippen MR) is 65.5 cm³/mol. The number of aromatic carboxylic acids is 1. The zero-order valence-electron chi connectivity index (χ0n) is 10.0. The van der Waals surface area contributed by atoms with Gasteiger partial charge in [0.15, 0.2) is 11.5 Å². The Morgan fingerprint density at radius 1 is 1.21 bits per heavy atom. The molecule has 0 spiro atoms. The fraction of sp³-hybridized carbons (Fsp3) is 0.0769. The number of hydrogen-bond donors (Lipinski definition) is 1. The molecule has 6 nitrogen and oxygen atoms in total. The van der Waals surface area contributed by atoms with E-state index in [4.69, 9.17) is 9.84 Å². The Morgan fingerprint density at radius 3 is 2.58 bits per heavy atom. The smallest absolute Gasteiger partial charge is 0.339 e. The van der Waals surface area contributed by atoms with Gasteiger partial charge in [0, 0.05) is 13.1 Å². The Hall–Kier alpha value is -2.76. The lowest BCUT2D eigenvalue weighted by Gasteiger charge is -2.07. The number of carbonyl (C=O) groups is 2. The highest BCUT2D eigenvalue weighted by Gasteiger charge is 2.12. The summed E-state index contributed by atoms with van der Waals surface area (Å²) in [4.78, 5) is 29.8. The number of carboxylic acid groups (broad SMARTS) is 1. The minimum Gasteiger partial charge on any atom is -0.478 e. The van der Waals surface area contributed by atoms with Gasteiger partial charge < -0.3 is 9.84 Å². The molecule has 2 heterocycles. The van der Waals surface area contributed by atoms with Gasteiger partial charge in [0.2, 0.25) is 0 Å². The van der Waals surface area contributed by atoms with Crippen LogP contribution in [0.15, 0.2) is 36.8 Å². The molecule has 0 radical (unpaired) electrons. The number of carbonyl (C=O) groups excluding carboxylic acids is 1. The number of carboxylic acids is 1. The average molecular weight is 258 g/mol. The van der Waals surface area contributed by atoms with Crippen LogP contribution in [0.25, 0.3) is 0 Å². The molecule has 0 aromatic carbocycles. The zero-order valence-corrected chi connectivity index (χ0v) is 10.0. The van der Waals surface area contributed by atoms with E-state index in [-0.39, 0.29) is 17.1 Å². The van der Waals surface area contributed by atoms with Crippen molar-refractivity contribution >= 4 is 11.8 Å². The second-order valence-corrected chi connectivity index (χ2v) is 3.71. The quantitative estimate of drug-likeness (QED) is 0.845. The second-order valence-electron chi connectivity index (χ2n) is 3.71. The van der Waals surface area contributed by atoms with E-state index >= 15 is 0 Å². The third-order valence-corrected chi connectivity index (χ3v) is 2.34. The van der Waals surface area contributed by atoms with E-state index in [2.05, 4.69) is 9.97 Å². The minimum atomic E-state index is -1.11. The monoisotopic (exact) mass is 258 g/mol. The Bertz CT molecular complexity index is 623. The lowest BCUT2D eigenvalue weighted by atomic mass is 10.2. The molecule has 6 heteroatoms. The van der Waals surface area contributed by atoms with E-state index in [0.29, 0.717) is 11.4 Å². The van der Waals surface area contributed by atoms with Gasteiger partial charge in [-0.3, -0.25) is 9.78 Å². The molecule has 0 amide bonds. The topological polar surface area (TPSA) is 89.4 Å². The first-order chi connectivity index (χ1) is 9.08. The van der Waals surface area contributed by atoms with Crippen molar-refractivity contribution in [3.05, 3.63) is 48.0 Å². The molecule has 0 unspecified atom stereocenters. The first-order valence-electron chi connectivity index (χ1n) is 5.40. The molecular formula is C13H10N2O4. The van der Waals surface area contributed by atoms with E-state index in [1.807, 2.05) is 0 Å². The fourth-order valence-corrected chi connectivity index (χ4v) is 1.41. The first kappa shape index (κ1) is 12.7. The molecule has 0 saturated heterocycles. The van der Waals surface area contributed by atoms with Crippen LogP contribution in [-0.2, 0) is 0 Å². The van der Waals surface area contributed by atoms with Crippen LogP contribution in [-0.4, -0.2) is 26.8 Å². The second kappa shape index (κ2) is 5.26.